The molecule has 0 aliphatic heterocycles. The molecule has 2 rings (SSSR count). The van der Waals surface area contributed by atoms with E-state index in [1.54, 1.807) is 11.8 Å². The molecule has 19 heavy (non-hydrogen) atoms. The van der Waals surface area contributed by atoms with Crippen molar-refractivity contribution in [1.29, 1.82) is 0 Å². The molecule has 5 heteroatoms. The van der Waals surface area contributed by atoms with Gasteiger partial charge >= 0.3 is 0 Å². The maximum atomic E-state index is 5.57. The van der Waals surface area contributed by atoms with Crippen molar-refractivity contribution in [3.63, 3.8) is 0 Å². The first-order valence-corrected chi connectivity index (χ1v) is 7.55. The van der Waals surface area contributed by atoms with Crippen LogP contribution in [-0.2, 0) is 20.0 Å². The number of hydrogen-bond donors (Lipinski definition) is 1. The number of benzene rings is 1. The minimum Gasteiger partial charge on any atom is -0.324 e. The summed E-state index contributed by atoms with van der Waals surface area (Å²) in [7, 11) is 1.97. The lowest BCUT2D eigenvalue weighted by Gasteiger charge is -2.03. The molecular formula is C14H20N4S. The third kappa shape index (κ3) is 4.08. The van der Waals surface area contributed by atoms with Crippen LogP contribution in [0.1, 0.15) is 24.2 Å². The van der Waals surface area contributed by atoms with Gasteiger partial charge in [-0.3, -0.25) is 0 Å². The Morgan fingerprint density at radius 1 is 1.16 bits per heavy atom. The van der Waals surface area contributed by atoms with E-state index in [4.69, 9.17) is 5.73 Å². The molecule has 4 nitrogen and oxygen atoms in total. The van der Waals surface area contributed by atoms with Gasteiger partial charge in [-0.15, -0.1) is 10.2 Å². The summed E-state index contributed by atoms with van der Waals surface area (Å²) in [5.41, 5.74) is 6.99. The summed E-state index contributed by atoms with van der Waals surface area (Å²) in [4.78, 5) is 0. The molecule has 2 N–H and O–H groups in total. The van der Waals surface area contributed by atoms with Crippen molar-refractivity contribution < 1.29 is 0 Å². The second kappa shape index (κ2) is 7.31. The van der Waals surface area contributed by atoms with Crippen LogP contribution in [0.25, 0.3) is 0 Å². The van der Waals surface area contributed by atoms with Crippen molar-refractivity contribution in [2.24, 2.45) is 12.8 Å². The molecule has 0 fully saturated rings. The average molecular weight is 276 g/mol. The molecule has 0 unspecified atom stereocenters. The number of nitrogens with two attached hydrogens (primary N) is 1. The molecule has 0 radical (unpaired) electrons. The van der Waals surface area contributed by atoms with Crippen LogP contribution >= 0.6 is 11.8 Å². The van der Waals surface area contributed by atoms with Crippen LogP contribution in [0.15, 0.2) is 35.5 Å². The topological polar surface area (TPSA) is 56.7 Å². The smallest absolute Gasteiger partial charge is 0.190 e. The zero-order valence-corrected chi connectivity index (χ0v) is 12.1. The molecule has 0 aliphatic rings. The van der Waals surface area contributed by atoms with Crippen molar-refractivity contribution in [1.82, 2.24) is 14.8 Å². The Morgan fingerprint density at radius 3 is 2.63 bits per heavy atom. The van der Waals surface area contributed by atoms with E-state index in [-0.39, 0.29) is 0 Å². The van der Waals surface area contributed by atoms with E-state index in [2.05, 4.69) is 40.5 Å². The highest BCUT2D eigenvalue weighted by atomic mass is 32.2. The first kappa shape index (κ1) is 14.1. The number of unbranched alkanes of at least 4 members (excludes halogenated alkanes) is 1. The highest BCUT2D eigenvalue weighted by Crippen LogP contribution is 2.17. The molecule has 0 spiro atoms. The Labute approximate surface area is 118 Å². The van der Waals surface area contributed by atoms with Crippen LogP contribution in [0.3, 0.4) is 0 Å². The average Bonchev–Trinajstić information content (AvgIpc) is 2.80. The van der Waals surface area contributed by atoms with Crippen molar-refractivity contribution in [3.8, 4) is 0 Å². The Hall–Kier alpha value is -1.33. The zero-order chi connectivity index (χ0) is 13.5. The summed E-state index contributed by atoms with van der Waals surface area (Å²) in [5, 5.41) is 9.14. The molecule has 0 aliphatic carbocycles. The summed E-state index contributed by atoms with van der Waals surface area (Å²) >= 11 is 1.75. The maximum Gasteiger partial charge on any atom is 0.190 e. The highest BCUT2D eigenvalue weighted by Gasteiger charge is 2.06. The van der Waals surface area contributed by atoms with Crippen molar-refractivity contribution >= 4 is 11.8 Å². The summed E-state index contributed by atoms with van der Waals surface area (Å²) in [5.74, 6) is 1.91. The van der Waals surface area contributed by atoms with Crippen LogP contribution < -0.4 is 5.73 Å². The third-order valence-electron chi connectivity index (χ3n) is 3.04. The fraction of sp³-hybridized carbons (Fsp3) is 0.429. The molecule has 0 saturated heterocycles. The number of hydrogen-bond acceptors (Lipinski definition) is 4. The van der Waals surface area contributed by atoms with Crippen LogP contribution in [0.2, 0.25) is 0 Å². The second-order valence-corrected chi connectivity index (χ2v) is 5.52. The quantitative estimate of drug-likeness (QED) is 0.623. The normalized spacial score (nSPS) is 10.8. The lowest BCUT2D eigenvalue weighted by molar-refractivity contribution is 0.732. The Bertz CT molecular complexity index is 495. The Kier molecular flexibility index (Phi) is 5.42. The summed E-state index contributed by atoms with van der Waals surface area (Å²) in [6.45, 7) is 0.443. The standard InChI is InChI=1S/C14H20N4S/c1-18-13(11-15)16-17-14(18)19-10-6-5-9-12-7-3-2-4-8-12/h2-4,7-8H,5-6,9-11,15H2,1H3. The van der Waals surface area contributed by atoms with Gasteiger partial charge in [0.15, 0.2) is 5.16 Å². The number of aromatic nitrogens is 3. The molecule has 0 saturated carbocycles. The summed E-state index contributed by atoms with van der Waals surface area (Å²) in [6, 6.07) is 10.6. The van der Waals surface area contributed by atoms with Crippen molar-refractivity contribution in [2.75, 3.05) is 5.75 Å². The van der Waals surface area contributed by atoms with Gasteiger partial charge in [0.05, 0.1) is 6.54 Å². The predicted molar refractivity (Wildman–Crippen MR) is 79.0 cm³/mol. The molecule has 102 valence electrons. The van der Waals surface area contributed by atoms with E-state index in [0.29, 0.717) is 6.54 Å². The zero-order valence-electron chi connectivity index (χ0n) is 11.2. The monoisotopic (exact) mass is 276 g/mol. The first-order valence-electron chi connectivity index (χ1n) is 6.56. The van der Waals surface area contributed by atoms with E-state index in [0.717, 1.165) is 23.2 Å². The van der Waals surface area contributed by atoms with Crippen LogP contribution in [0, 0.1) is 0 Å². The third-order valence-corrected chi connectivity index (χ3v) is 4.15. The maximum absolute atomic E-state index is 5.57. The van der Waals surface area contributed by atoms with E-state index in [1.807, 2.05) is 11.6 Å². The van der Waals surface area contributed by atoms with Gasteiger partial charge in [-0.1, -0.05) is 42.1 Å². The van der Waals surface area contributed by atoms with Gasteiger partial charge in [-0.05, 0) is 24.8 Å². The van der Waals surface area contributed by atoms with Gasteiger partial charge in [0.1, 0.15) is 5.82 Å². The van der Waals surface area contributed by atoms with Crippen LogP contribution in [0.5, 0.6) is 0 Å². The number of rotatable bonds is 7. The van der Waals surface area contributed by atoms with Gasteiger partial charge in [0.2, 0.25) is 0 Å². The Balaban J connectivity index is 1.68. The van der Waals surface area contributed by atoms with Gasteiger partial charge < -0.3 is 10.3 Å². The minimum atomic E-state index is 0.443. The van der Waals surface area contributed by atoms with Gasteiger partial charge in [0.25, 0.3) is 0 Å². The molecule has 0 amide bonds. The van der Waals surface area contributed by atoms with E-state index in [9.17, 15) is 0 Å². The van der Waals surface area contributed by atoms with Crippen molar-refractivity contribution in [3.05, 3.63) is 41.7 Å². The first-order chi connectivity index (χ1) is 9.31. The Morgan fingerprint density at radius 2 is 1.95 bits per heavy atom. The van der Waals surface area contributed by atoms with E-state index >= 15 is 0 Å². The molecule has 0 bridgehead atoms. The predicted octanol–water partition coefficient (Wildman–Crippen LogP) is 2.39. The molecular weight excluding hydrogens is 256 g/mol. The van der Waals surface area contributed by atoms with Gasteiger partial charge in [-0.25, -0.2) is 0 Å². The fourth-order valence-corrected chi connectivity index (χ4v) is 2.82. The lowest BCUT2D eigenvalue weighted by atomic mass is 10.1. The highest BCUT2D eigenvalue weighted by molar-refractivity contribution is 7.99. The lowest BCUT2D eigenvalue weighted by Crippen LogP contribution is -2.05. The molecule has 2 aromatic rings. The minimum absolute atomic E-state index is 0.443. The largest absolute Gasteiger partial charge is 0.324 e. The SMILES string of the molecule is Cn1c(CN)nnc1SCCCCc1ccccc1. The summed E-state index contributed by atoms with van der Waals surface area (Å²) in [6.07, 6.45) is 3.54. The molecule has 1 heterocycles. The number of aryl methyl sites for hydroxylation is 1. The fourth-order valence-electron chi connectivity index (χ4n) is 1.89. The van der Waals surface area contributed by atoms with Crippen LogP contribution in [0.4, 0.5) is 0 Å². The van der Waals surface area contributed by atoms with Crippen molar-refractivity contribution in [2.45, 2.75) is 31.0 Å². The number of nitrogens with zero attached hydrogens (tertiary/aromatic N) is 3. The van der Waals surface area contributed by atoms with E-state index < -0.39 is 0 Å². The van der Waals surface area contributed by atoms with Gasteiger partial charge in [-0.2, -0.15) is 0 Å². The van der Waals surface area contributed by atoms with E-state index in [1.165, 1.54) is 18.4 Å². The number of thioether (sulfide) groups is 1. The van der Waals surface area contributed by atoms with Gasteiger partial charge in [0, 0.05) is 12.8 Å². The molecule has 1 aromatic heterocycles. The second-order valence-electron chi connectivity index (χ2n) is 4.45. The van der Waals surface area contributed by atoms with Crippen LogP contribution in [-0.4, -0.2) is 20.5 Å². The molecule has 0 atom stereocenters. The molecule has 1 aromatic carbocycles. The summed E-state index contributed by atoms with van der Waals surface area (Å²) < 4.78 is 1.97.